The highest BCUT2D eigenvalue weighted by Crippen LogP contribution is 2.16. The number of aryl methyl sites for hydroxylation is 1. The number of hydrogen-bond donors (Lipinski definition) is 1. The first-order chi connectivity index (χ1) is 9.60. The van der Waals surface area contributed by atoms with Gasteiger partial charge in [0.1, 0.15) is 11.6 Å². The lowest BCUT2D eigenvalue weighted by Crippen LogP contribution is -2.33. The Kier molecular flexibility index (Phi) is 4.84. The highest BCUT2D eigenvalue weighted by atomic mass is 19.1. The maximum atomic E-state index is 13.7. The summed E-state index contributed by atoms with van der Waals surface area (Å²) in [5, 5.41) is 7.39. The number of nitrogens with zero attached hydrogens (tertiary/aromatic N) is 2. The largest absolute Gasteiger partial charge is 0.314 e. The van der Waals surface area contributed by atoms with Crippen LogP contribution in [-0.2, 0) is 19.9 Å². The van der Waals surface area contributed by atoms with Crippen molar-refractivity contribution < 1.29 is 8.78 Å². The van der Waals surface area contributed by atoms with E-state index in [1.165, 1.54) is 18.2 Å². The zero-order valence-electron chi connectivity index (χ0n) is 11.7. The second kappa shape index (κ2) is 6.61. The molecule has 0 aliphatic heterocycles. The average Bonchev–Trinajstić information content (AvgIpc) is 2.80. The zero-order valence-corrected chi connectivity index (χ0v) is 11.7. The molecule has 3 nitrogen and oxygen atoms in total. The Balaban J connectivity index is 2.13. The SMILES string of the molecule is CCNC(Cc1cnn(C)c1)Cc1c(F)cccc1F. The van der Waals surface area contributed by atoms with Crippen molar-refractivity contribution in [3.05, 3.63) is 53.4 Å². The molecule has 2 aromatic rings. The van der Waals surface area contributed by atoms with Crippen LogP contribution < -0.4 is 5.32 Å². The van der Waals surface area contributed by atoms with Crippen LogP contribution in [0.2, 0.25) is 0 Å². The maximum absolute atomic E-state index is 13.7. The summed E-state index contributed by atoms with van der Waals surface area (Å²) in [6, 6.07) is 3.96. The van der Waals surface area contributed by atoms with Gasteiger partial charge in [0.15, 0.2) is 0 Å². The highest BCUT2D eigenvalue weighted by molar-refractivity contribution is 5.21. The van der Waals surface area contributed by atoms with Gasteiger partial charge in [-0.3, -0.25) is 4.68 Å². The second-order valence-electron chi connectivity index (χ2n) is 4.89. The van der Waals surface area contributed by atoms with E-state index < -0.39 is 11.6 Å². The summed E-state index contributed by atoms with van der Waals surface area (Å²) in [5.41, 5.74) is 1.19. The van der Waals surface area contributed by atoms with Crippen LogP contribution in [0.4, 0.5) is 8.78 Å². The number of aromatic nitrogens is 2. The van der Waals surface area contributed by atoms with Crippen LogP contribution in [0.1, 0.15) is 18.1 Å². The number of nitrogens with one attached hydrogen (secondary N) is 1. The normalized spacial score (nSPS) is 12.6. The van der Waals surface area contributed by atoms with Crippen LogP contribution >= 0.6 is 0 Å². The molecule has 0 amide bonds. The Bertz CT molecular complexity index is 546. The number of likely N-dealkylation sites (N-methyl/N-ethyl adjacent to an activating group) is 1. The van der Waals surface area contributed by atoms with Crippen molar-refractivity contribution in [2.24, 2.45) is 7.05 Å². The fourth-order valence-corrected chi connectivity index (χ4v) is 2.34. The van der Waals surface area contributed by atoms with E-state index in [1.807, 2.05) is 20.2 Å². The third-order valence-corrected chi connectivity index (χ3v) is 3.25. The Morgan fingerprint density at radius 1 is 1.25 bits per heavy atom. The summed E-state index contributed by atoms with van der Waals surface area (Å²) in [5.74, 6) is -0.974. The minimum atomic E-state index is -0.487. The molecule has 0 saturated carbocycles. The molecule has 0 spiro atoms. The molecule has 0 aliphatic carbocycles. The third kappa shape index (κ3) is 3.63. The standard InChI is InChI=1S/C15H19F2N3/c1-3-18-12(7-11-9-19-20(2)10-11)8-13-14(16)5-4-6-15(13)17/h4-6,9-10,12,18H,3,7-8H2,1-2H3. The molecular formula is C15H19F2N3. The summed E-state index contributed by atoms with van der Waals surface area (Å²) < 4.78 is 29.1. The maximum Gasteiger partial charge on any atom is 0.129 e. The molecule has 1 heterocycles. The summed E-state index contributed by atoms with van der Waals surface area (Å²) in [7, 11) is 1.85. The average molecular weight is 279 g/mol. The van der Waals surface area contributed by atoms with Gasteiger partial charge in [-0.2, -0.15) is 5.10 Å². The second-order valence-corrected chi connectivity index (χ2v) is 4.89. The van der Waals surface area contributed by atoms with Gasteiger partial charge in [0.2, 0.25) is 0 Å². The molecule has 1 aromatic carbocycles. The van der Waals surface area contributed by atoms with Crippen LogP contribution in [0.25, 0.3) is 0 Å². The summed E-state index contributed by atoms with van der Waals surface area (Å²) in [6.45, 7) is 2.73. The van der Waals surface area contributed by atoms with Crippen LogP contribution in [0.15, 0.2) is 30.6 Å². The molecule has 0 aliphatic rings. The van der Waals surface area contributed by atoms with Crippen LogP contribution in [0, 0.1) is 11.6 Å². The molecule has 0 fully saturated rings. The zero-order chi connectivity index (χ0) is 14.5. The highest BCUT2D eigenvalue weighted by Gasteiger charge is 2.16. The van der Waals surface area contributed by atoms with Gasteiger partial charge in [-0.05, 0) is 37.1 Å². The molecule has 108 valence electrons. The van der Waals surface area contributed by atoms with Crippen molar-refractivity contribution in [2.45, 2.75) is 25.8 Å². The van der Waals surface area contributed by atoms with Crippen LogP contribution in [0.5, 0.6) is 0 Å². The van der Waals surface area contributed by atoms with Gasteiger partial charge < -0.3 is 5.32 Å². The van der Waals surface area contributed by atoms with E-state index in [4.69, 9.17) is 0 Å². The van der Waals surface area contributed by atoms with Crippen molar-refractivity contribution in [3.63, 3.8) is 0 Å². The van der Waals surface area contributed by atoms with E-state index in [1.54, 1.807) is 10.9 Å². The predicted octanol–water partition coefficient (Wildman–Crippen LogP) is 2.46. The van der Waals surface area contributed by atoms with Gasteiger partial charge >= 0.3 is 0 Å². The van der Waals surface area contributed by atoms with Crippen LogP contribution in [0.3, 0.4) is 0 Å². The van der Waals surface area contributed by atoms with E-state index in [0.717, 1.165) is 12.1 Å². The molecule has 0 saturated heterocycles. The fourth-order valence-electron chi connectivity index (χ4n) is 2.34. The van der Waals surface area contributed by atoms with Crippen molar-refractivity contribution in [3.8, 4) is 0 Å². The summed E-state index contributed by atoms with van der Waals surface area (Å²) in [6.07, 6.45) is 4.71. The molecule has 1 atom stereocenters. The van der Waals surface area contributed by atoms with Gasteiger partial charge in [-0.25, -0.2) is 8.78 Å². The lowest BCUT2D eigenvalue weighted by atomic mass is 9.99. The van der Waals surface area contributed by atoms with E-state index in [2.05, 4.69) is 10.4 Å². The molecule has 0 bridgehead atoms. The predicted molar refractivity (Wildman–Crippen MR) is 74.4 cm³/mol. The Morgan fingerprint density at radius 3 is 2.50 bits per heavy atom. The first kappa shape index (κ1) is 14.7. The number of halogens is 2. The van der Waals surface area contributed by atoms with E-state index >= 15 is 0 Å². The number of benzene rings is 1. The van der Waals surface area contributed by atoms with Crippen molar-refractivity contribution >= 4 is 0 Å². The van der Waals surface area contributed by atoms with Crippen LogP contribution in [-0.4, -0.2) is 22.4 Å². The Morgan fingerprint density at radius 2 is 1.95 bits per heavy atom. The Labute approximate surface area is 117 Å². The van der Waals surface area contributed by atoms with Gasteiger partial charge in [-0.15, -0.1) is 0 Å². The molecule has 5 heteroatoms. The molecular weight excluding hydrogens is 260 g/mol. The number of rotatable bonds is 6. The van der Waals surface area contributed by atoms with Gasteiger partial charge in [-0.1, -0.05) is 13.0 Å². The summed E-state index contributed by atoms with van der Waals surface area (Å²) >= 11 is 0. The lowest BCUT2D eigenvalue weighted by molar-refractivity contribution is 0.484. The van der Waals surface area contributed by atoms with Gasteiger partial charge in [0.05, 0.1) is 6.20 Å². The number of hydrogen-bond acceptors (Lipinski definition) is 2. The molecule has 0 radical (unpaired) electrons. The molecule has 2 rings (SSSR count). The van der Waals surface area contributed by atoms with E-state index in [0.29, 0.717) is 12.8 Å². The Hall–Kier alpha value is -1.75. The summed E-state index contributed by atoms with van der Waals surface area (Å²) in [4.78, 5) is 0. The fraction of sp³-hybridized carbons (Fsp3) is 0.400. The monoisotopic (exact) mass is 279 g/mol. The van der Waals surface area contributed by atoms with Crippen molar-refractivity contribution in [2.75, 3.05) is 6.54 Å². The van der Waals surface area contributed by atoms with Crippen molar-refractivity contribution in [1.29, 1.82) is 0 Å². The molecule has 1 aromatic heterocycles. The van der Waals surface area contributed by atoms with Gasteiger partial charge in [0.25, 0.3) is 0 Å². The van der Waals surface area contributed by atoms with E-state index in [9.17, 15) is 8.78 Å². The molecule has 20 heavy (non-hydrogen) atoms. The topological polar surface area (TPSA) is 29.9 Å². The smallest absolute Gasteiger partial charge is 0.129 e. The van der Waals surface area contributed by atoms with E-state index in [-0.39, 0.29) is 11.6 Å². The van der Waals surface area contributed by atoms with Crippen molar-refractivity contribution in [1.82, 2.24) is 15.1 Å². The molecule has 1 N–H and O–H groups in total. The first-order valence-corrected chi connectivity index (χ1v) is 6.74. The third-order valence-electron chi connectivity index (χ3n) is 3.25. The minimum absolute atomic E-state index is 0.0180. The first-order valence-electron chi connectivity index (χ1n) is 6.74. The minimum Gasteiger partial charge on any atom is -0.314 e. The molecule has 1 unspecified atom stereocenters. The van der Waals surface area contributed by atoms with Gasteiger partial charge in [0, 0.05) is 24.8 Å². The lowest BCUT2D eigenvalue weighted by Gasteiger charge is -2.18. The quantitative estimate of drug-likeness (QED) is 0.880.